The number of benzene rings is 3. The van der Waals surface area contributed by atoms with Gasteiger partial charge in [-0.3, -0.25) is 9.59 Å². The van der Waals surface area contributed by atoms with E-state index in [1.54, 1.807) is 0 Å². The topological polar surface area (TPSA) is 155 Å². The highest BCUT2D eigenvalue weighted by Gasteiger charge is 2.51. The first-order valence-electron chi connectivity index (χ1n) is 22.6. The summed E-state index contributed by atoms with van der Waals surface area (Å²) in [6.45, 7) is 14.2. The zero-order chi connectivity index (χ0) is 43.3. The quantitative estimate of drug-likeness (QED) is 0.132. The van der Waals surface area contributed by atoms with E-state index in [2.05, 4.69) is 88.6 Å². The second-order valence-electron chi connectivity index (χ2n) is 19.4. The van der Waals surface area contributed by atoms with Crippen LogP contribution < -0.4 is 5.32 Å². The van der Waals surface area contributed by atoms with E-state index in [0.717, 1.165) is 108 Å². The molecular formula is C49H73N7O6S6. The van der Waals surface area contributed by atoms with E-state index in [-0.39, 0.29) is 133 Å². The van der Waals surface area contributed by atoms with Crippen molar-refractivity contribution in [2.75, 3.05) is 46.6 Å². The number of hydrogen-bond donors (Lipinski definition) is 3. The highest BCUT2D eigenvalue weighted by Crippen LogP contribution is 2.49. The zero-order valence-corrected chi connectivity index (χ0v) is 46.0. The van der Waals surface area contributed by atoms with Crippen molar-refractivity contribution in [2.45, 2.75) is 91.3 Å². The van der Waals surface area contributed by atoms with E-state index in [1.807, 2.05) is 31.9 Å². The molecule has 4 saturated heterocycles. The van der Waals surface area contributed by atoms with E-state index in [4.69, 9.17) is 24.2 Å². The molecule has 4 fully saturated rings. The van der Waals surface area contributed by atoms with Crippen molar-refractivity contribution in [3.63, 3.8) is 0 Å². The Hall–Kier alpha value is -3.17. The van der Waals surface area contributed by atoms with Gasteiger partial charge in [-0.2, -0.15) is 81.0 Å². The third-order valence-electron chi connectivity index (χ3n) is 14.4. The normalized spacial score (nSPS) is 22.9. The van der Waals surface area contributed by atoms with Crippen molar-refractivity contribution >= 4 is 121 Å². The molecule has 3 amide bonds. The Bertz CT molecular complexity index is 2470. The lowest BCUT2D eigenvalue weighted by atomic mass is 9.80. The van der Waals surface area contributed by atoms with Gasteiger partial charge in [0.1, 0.15) is 17.7 Å². The molecule has 3 aromatic carbocycles. The molecule has 6 atom stereocenters. The highest BCUT2D eigenvalue weighted by atomic mass is 32.1. The lowest BCUT2D eigenvalue weighted by Gasteiger charge is -2.33. The molecule has 0 bridgehead atoms. The number of nitrogens with zero attached hydrogens (tertiary/aromatic N) is 4. The molecular weight excluding hydrogens is 975 g/mol. The van der Waals surface area contributed by atoms with E-state index >= 15 is 0 Å². The summed E-state index contributed by atoms with van der Waals surface area (Å²) in [4.78, 5) is 61.6. The number of fused-ring (bicyclic) bond motifs is 3. The molecule has 5 aromatic rings. The Labute approximate surface area is 442 Å². The molecule has 2 spiro atoms. The molecule has 19 heteroatoms. The summed E-state index contributed by atoms with van der Waals surface area (Å²) < 4.78 is 16.8. The van der Waals surface area contributed by atoms with Crippen LogP contribution in [-0.2, 0) is 23.8 Å². The fourth-order valence-electron chi connectivity index (χ4n) is 10.5. The Morgan fingerprint density at radius 1 is 0.721 bits per heavy atom. The van der Waals surface area contributed by atoms with Crippen LogP contribution in [0.2, 0.25) is 0 Å². The lowest BCUT2D eigenvalue weighted by Crippen LogP contribution is -2.51. The van der Waals surface area contributed by atoms with Gasteiger partial charge in [-0.25, -0.2) is 14.8 Å². The third-order valence-corrected chi connectivity index (χ3v) is 14.4. The van der Waals surface area contributed by atoms with Gasteiger partial charge in [-0.1, -0.05) is 77.1 Å². The average molecular weight is 1050 g/mol. The van der Waals surface area contributed by atoms with Crippen molar-refractivity contribution in [3.05, 3.63) is 72.4 Å². The van der Waals surface area contributed by atoms with Crippen LogP contribution in [0.4, 0.5) is 4.79 Å². The lowest BCUT2D eigenvalue weighted by molar-refractivity contribution is -0.138. The van der Waals surface area contributed by atoms with Gasteiger partial charge >= 0.3 is 6.09 Å². The largest absolute Gasteiger partial charge is 0.453 e. The fourth-order valence-corrected chi connectivity index (χ4v) is 10.5. The van der Waals surface area contributed by atoms with Gasteiger partial charge in [0.25, 0.3) is 0 Å². The number of hydrogen-bond acceptors (Lipinski definition) is 8. The Morgan fingerprint density at radius 3 is 1.85 bits per heavy atom. The van der Waals surface area contributed by atoms with Crippen LogP contribution in [0.3, 0.4) is 0 Å². The number of aromatic amines is 2. The summed E-state index contributed by atoms with van der Waals surface area (Å²) in [6.07, 6.45) is 6.80. The van der Waals surface area contributed by atoms with Crippen molar-refractivity contribution < 1.29 is 28.6 Å². The number of likely N-dealkylation sites (tertiary alicyclic amines) is 2. The average Bonchev–Trinajstić information content (AvgIpc) is 4.10. The maximum absolute atomic E-state index is 14.2. The Balaban J connectivity index is 0.00000204. The van der Waals surface area contributed by atoms with Crippen LogP contribution in [-0.4, -0.2) is 100 Å². The van der Waals surface area contributed by atoms with Crippen LogP contribution >= 0.6 is 81.0 Å². The molecule has 13 nitrogen and oxygen atoms in total. The number of carbonyl (C=O) groups excluding carboxylic acids is 3. The number of rotatable bonds is 9. The Kier molecular flexibility index (Phi) is 21.1. The van der Waals surface area contributed by atoms with Crippen molar-refractivity contribution in [3.8, 4) is 22.4 Å². The van der Waals surface area contributed by atoms with Crippen molar-refractivity contribution in [1.82, 2.24) is 35.1 Å². The van der Waals surface area contributed by atoms with Gasteiger partial charge in [0.05, 0.1) is 55.3 Å². The van der Waals surface area contributed by atoms with Gasteiger partial charge in [0.2, 0.25) is 11.8 Å². The molecule has 0 saturated carbocycles. The highest BCUT2D eigenvalue weighted by molar-refractivity contribution is 7.60. The maximum atomic E-state index is 14.2. The van der Waals surface area contributed by atoms with E-state index in [0.29, 0.717) is 26.3 Å². The SMILES string of the molecule is COC(=O)N[C@H](C(=O)N1C[C@]2(CCCOC2)C[C@H]1c1ncc(-c2ccc(-c3ccc4c(ccc5[nH]c([C@@H]6C[C@@]7(CCCOC7)CN6C(=O)[C@@H](C)C(C)C)nc54)c3)cc2)[nH]1)C(C)C.S.S.S.S.S.S. The zero-order valence-electron chi connectivity index (χ0n) is 40.0. The minimum Gasteiger partial charge on any atom is -0.453 e. The van der Waals surface area contributed by atoms with E-state index < -0.39 is 12.1 Å². The number of carbonyl (C=O) groups is 3. The van der Waals surface area contributed by atoms with Gasteiger partial charge < -0.3 is 39.3 Å². The molecule has 0 radical (unpaired) electrons. The summed E-state index contributed by atoms with van der Waals surface area (Å²) >= 11 is 0. The smallest absolute Gasteiger partial charge is 0.407 e. The number of ether oxygens (including phenoxy) is 3. The van der Waals surface area contributed by atoms with Gasteiger partial charge in [0.15, 0.2) is 0 Å². The number of aromatic nitrogens is 4. The standard InChI is InChI=1S/C49H61N7O6.6H2S/c1-29(2)31(5)45(57)55-25-49(18-8-20-62-28-49)23-40(55)44-51-37-16-14-35-21-34(13-15-36(35)42(37)53-44)32-9-11-33(12-10-32)38-24-50-43(52-38)39-22-48(17-7-19-61-27-48)26-56(39)46(58)41(30(3)4)54-47(59)60-6;;;;;;/h9-16,21,24,29-31,39-41H,7-8,17-20,22-23,25-28H2,1-6H3,(H,50,52)(H,51,53)(H,54,59);6*1H2/t31-,39-,40-,41-,48-,49-;;;;;;/m0....../s1. The van der Waals surface area contributed by atoms with E-state index in [9.17, 15) is 14.4 Å². The van der Waals surface area contributed by atoms with Crippen LogP contribution in [0.15, 0.2) is 60.8 Å². The number of methoxy groups -OCH3 is 1. The second-order valence-corrected chi connectivity index (χ2v) is 19.4. The summed E-state index contributed by atoms with van der Waals surface area (Å²) in [7, 11) is 1.31. The first-order chi connectivity index (χ1) is 29.9. The van der Waals surface area contributed by atoms with E-state index in [1.165, 1.54) is 7.11 Å². The maximum Gasteiger partial charge on any atom is 0.407 e. The number of H-pyrrole nitrogens is 2. The second kappa shape index (κ2) is 24.3. The Morgan fingerprint density at radius 2 is 1.29 bits per heavy atom. The summed E-state index contributed by atoms with van der Waals surface area (Å²) in [5.74, 6) is 1.68. The first-order valence-corrected chi connectivity index (χ1v) is 22.6. The summed E-state index contributed by atoms with van der Waals surface area (Å²) in [6, 6.07) is 18.1. The fraction of sp³-hybridized carbons (Fsp3) is 0.531. The van der Waals surface area contributed by atoms with Crippen LogP contribution in [0.5, 0.6) is 0 Å². The third kappa shape index (κ3) is 11.6. The number of amides is 3. The minimum atomic E-state index is -0.729. The van der Waals surface area contributed by atoms with Gasteiger partial charge in [0, 0.05) is 48.4 Å². The monoisotopic (exact) mass is 1050 g/mol. The predicted octanol–water partition coefficient (Wildman–Crippen LogP) is 9.26. The minimum absolute atomic E-state index is 0. The summed E-state index contributed by atoms with van der Waals surface area (Å²) in [5, 5.41) is 4.94. The molecule has 0 unspecified atom stereocenters. The van der Waals surface area contributed by atoms with Crippen LogP contribution in [0.1, 0.15) is 96.9 Å². The van der Waals surface area contributed by atoms with Crippen molar-refractivity contribution in [2.24, 2.45) is 28.6 Å². The molecule has 6 heterocycles. The van der Waals surface area contributed by atoms with Gasteiger partial charge in [-0.15, -0.1) is 0 Å². The number of alkyl carbamates (subject to hydrolysis) is 1. The molecule has 3 N–H and O–H groups in total. The molecule has 9 rings (SSSR count). The summed E-state index contributed by atoms with van der Waals surface area (Å²) in [5.41, 5.74) is 5.73. The first kappa shape index (κ1) is 59.1. The molecule has 376 valence electrons. The van der Waals surface area contributed by atoms with Crippen LogP contribution in [0.25, 0.3) is 44.2 Å². The predicted molar refractivity (Wildman–Crippen MR) is 300 cm³/mol. The molecule has 4 aliphatic rings. The number of imidazole rings is 2. The molecule has 0 aliphatic carbocycles. The van der Waals surface area contributed by atoms with Gasteiger partial charge in [-0.05, 0) is 84.6 Å². The van der Waals surface area contributed by atoms with Crippen molar-refractivity contribution in [1.29, 1.82) is 0 Å². The molecule has 4 aliphatic heterocycles. The number of nitrogens with one attached hydrogen (secondary N) is 3. The molecule has 2 aromatic heterocycles. The molecule has 68 heavy (non-hydrogen) atoms. The van der Waals surface area contributed by atoms with Crippen LogP contribution in [0, 0.1) is 28.6 Å².